The fraction of sp³-hybridized carbons (Fsp3) is 0.750. The van der Waals surface area contributed by atoms with Crippen molar-refractivity contribution in [2.75, 3.05) is 0 Å². The summed E-state index contributed by atoms with van der Waals surface area (Å²) in [6, 6.07) is 13.4. The fourth-order valence-electron chi connectivity index (χ4n) is 7.83. The van der Waals surface area contributed by atoms with E-state index in [0.717, 1.165) is 38.5 Å². The van der Waals surface area contributed by atoms with Gasteiger partial charge in [-0.05, 0) is 48.9 Å². The molecule has 0 aliphatic rings. The summed E-state index contributed by atoms with van der Waals surface area (Å²) >= 11 is 0. The van der Waals surface area contributed by atoms with Crippen LogP contribution in [0.4, 0.5) is 0 Å². The van der Waals surface area contributed by atoms with E-state index in [1.807, 2.05) is 12.1 Å². The monoisotopic (exact) mass is 803 g/mol. The number of hydrogen-bond donors (Lipinski definition) is 0. The van der Waals surface area contributed by atoms with Crippen LogP contribution >= 0.6 is 0 Å². The van der Waals surface area contributed by atoms with E-state index in [0.29, 0.717) is 24.0 Å². The molecule has 0 saturated carbocycles. The SMILES string of the molecule is CCCCCCCCCCCCCCCCCCc1ccccc1S(=O)(=O)OS(=O)(=O)c1ccccc1CCCCCCCCCCCCCCCCCC. The summed E-state index contributed by atoms with van der Waals surface area (Å²) in [5, 5.41) is 0. The summed E-state index contributed by atoms with van der Waals surface area (Å²) < 4.78 is 58.9. The molecule has 5 nitrogen and oxygen atoms in total. The van der Waals surface area contributed by atoms with Gasteiger partial charge >= 0.3 is 20.2 Å². The molecule has 0 N–H and O–H groups in total. The molecule has 0 amide bonds. The predicted octanol–water partition coefficient (Wildman–Crippen LogP) is 15.4. The molecule has 0 saturated heterocycles. The van der Waals surface area contributed by atoms with E-state index in [2.05, 4.69) is 13.8 Å². The molecule has 0 unspecified atom stereocenters. The van der Waals surface area contributed by atoms with Gasteiger partial charge in [-0.2, -0.15) is 16.8 Å². The second-order valence-electron chi connectivity index (χ2n) is 16.3. The molecule has 0 aromatic heterocycles. The van der Waals surface area contributed by atoms with Gasteiger partial charge < -0.3 is 0 Å². The van der Waals surface area contributed by atoms with E-state index in [9.17, 15) is 16.8 Å². The van der Waals surface area contributed by atoms with Crippen molar-refractivity contribution in [3.63, 3.8) is 0 Å². The molecule has 2 aromatic rings. The number of unbranched alkanes of at least 4 members (excludes halogenated alkanes) is 30. The molecule has 0 spiro atoms. The highest BCUT2D eigenvalue weighted by molar-refractivity contribution is 8.00. The number of benzene rings is 2. The van der Waals surface area contributed by atoms with Gasteiger partial charge in [-0.3, -0.25) is 0 Å². The number of hydrogen-bond acceptors (Lipinski definition) is 5. The Kier molecular flexibility index (Phi) is 29.0. The number of rotatable bonds is 38. The molecular weight excluding hydrogens is 721 g/mol. The summed E-state index contributed by atoms with van der Waals surface area (Å²) in [7, 11) is -9.05. The molecule has 0 aliphatic carbocycles. The van der Waals surface area contributed by atoms with Gasteiger partial charge in [0.05, 0.1) is 9.79 Å². The van der Waals surface area contributed by atoms with E-state index < -0.39 is 20.2 Å². The van der Waals surface area contributed by atoms with Gasteiger partial charge in [-0.25, -0.2) is 0 Å². The highest BCUT2D eigenvalue weighted by atomic mass is 32.3. The first-order chi connectivity index (χ1) is 26.8. The van der Waals surface area contributed by atoms with E-state index >= 15 is 0 Å². The maximum Gasteiger partial charge on any atom is 0.312 e. The van der Waals surface area contributed by atoms with Crippen LogP contribution in [-0.4, -0.2) is 16.8 Å². The van der Waals surface area contributed by atoms with Crippen LogP contribution in [0.25, 0.3) is 0 Å². The maximum absolute atomic E-state index is 13.4. The minimum absolute atomic E-state index is 0.0465. The molecule has 0 aliphatic heterocycles. The minimum Gasteiger partial charge on any atom is -0.193 e. The van der Waals surface area contributed by atoms with Gasteiger partial charge in [-0.15, -0.1) is 3.63 Å². The van der Waals surface area contributed by atoms with E-state index in [-0.39, 0.29) is 9.79 Å². The average Bonchev–Trinajstić information content (AvgIpc) is 3.17. The Labute approximate surface area is 340 Å². The van der Waals surface area contributed by atoms with Crippen LogP contribution in [0.5, 0.6) is 0 Å². The molecule has 0 fully saturated rings. The lowest BCUT2D eigenvalue weighted by atomic mass is 10.0. The molecule has 0 bridgehead atoms. The second kappa shape index (κ2) is 32.3. The Morgan fingerprint density at radius 1 is 0.327 bits per heavy atom. The van der Waals surface area contributed by atoms with E-state index in [4.69, 9.17) is 3.63 Å². The second-order valence-corrected chi connectivity index (χ2v) is 19.5. The quantitative estimate of drug-likeness (QED) is 0.0632. The predicted molar refractivity (Wildman–Crippen MR) is 235 cm³/mol. The Balaban J connectivity index is 1.66. The van der Waals surface area contributed by atoms with Crippen molar-refractivity contribution >= 4 is 20.2 Å². The summed E-state index contributed by atoms with van der Waals surface area (Å²) in [6.45, 7) is 4.54. The third-order valence-electron chi connectivity index (χ3n) is 11.3. The maximum atomic E-state index is 13.4. The average molecular weight is 803 g/mol. The first-order valence-electron chi connectivity index (χ1n) is 23.2. The summed E-state index contributed by atoms with van der Waals surface area (Å²) in [6.07, 6.45) is 42.2. The van der Waals surface area contributed by atoms with Crippen LogP contribution in [0.3, 0.4) is 0 Å². The summed E-state index contributed by atoms with van der Waals surface area (Å²) in [5.41, 5.74) is 1.23. The Morgan fingerprint density at radius 3 is 0.800 bits per heavy atom. The van der Waals surface area contributed by atoms with E-state index in [1.165, 1.54) is 179 Å². The van der Waals surface area contributed by atoms with Gasteiger partial charge in [-0.1, -0.05) is 243 Å². The lowest BCUT2D eigenvalue weighted by Gasteiger charge is -2.13. The van der Waals surface area contributed by atoms with Crippen molar-refractivity contribution in [1.82, 2.24) is 0 Å². The van der Waals surface area contributed by atoms with Crippen molar-refractivity contribution in [2.45, 2.75) is 242 Å². The van der Waals surface area contributed by atoms with Crippen molar-refractivity contribution in [1.29, 1.82) is 0 Å². The van der Waals surface area contributed by atoms with Crippen LogP contribution in [0.15, 0.2) is 58.3 Å². The van der Waals surface area contributed by atoms with Crippen LogP contribution in [0.1, 0.15) is 230 Å². The zero-order valence-corrected chi connectivity index (χ0v) is 37.2. The Morgan fingerprint density at radius 2 is 0.545 bits per heavy atom. The van der Waals surface area contributed by atoms with Crippen molar-refractivity contribution in [3.05, 3.63) is 59.7 Å². The molecule has 0 radical (unpaired) electrons. The first kappa shape index (κ1) is 49.4. The van der Waals surface area contributed by atoms with Crippen molar-refractivity contribution < 1.29 is 20.5 Å². The zero-order chi connectivity index (χ0) is 39.7. The highest BCUT2D eigenvalue weighted by Crippen LogP contribution is 2.27. The largest absolute Gasteiger partial charge is 0.312 e. The molecule has 7 heteroatoms. The van der Waals surface area contributed by atoms with Gasteiger partial charge in [0, 0.05) is 0 Å². The molecule has 55 heavy (non-hydrogen) atoms. The standard InChI is InChI=1S/C48H82O5S2/c1-3-5-7-9-11-13-15-17-19-21-23-25-27-29-31-33-39-45-41-35-37-43-47(45)54(49,50)53-55(51,52)48-44-38-36-42-46(48)40-34-32-30-28-26-24-22-20-18-16-14-12-10-8-6-4-2/h35-38,41-44H,3-34,39-40H2,1-2H3. The van der Waals surface area contributed by atoms with Crippen LogP contribution in [0.2, 0.25) is 0 Å². The zero-order valence-electron chi connectivity index (χ0n) is 35.5. The Hall–Kier alpha value is -1.70. The van der Waals surface area contributed by atoms with Crippen LogP contribution in [0, 0.1) is 0 Å². The molecule has 316 valence electrons. The summed E-state index contributed by atoms with van der Waals surface area (Å²) in [4.78, 5) is -0.0929. The Bertz CT molecular complexity index is 1310. The minimum atomic E-state index is -4.53. The topological polar surface area (TPSA) is 77.5 Å². The van der Waals surface area contributed by atoms with Crippen molar-refractivity contribution in [3.8, 4) is 0 Å². The van der Waals surface area contributed by atoms with Gasteiger partial charge in [0.15, 0.2) is 0 Å². The highest BCUT2D eigenvalue weighted by Gasteiger charge is 2.30. The van der Waals surface area contributed by atoms with Gasteiger partial charge in [0.2, 0.25) is 0 Å². The van der Waals surface area contributed by atoms with E-state index in [1.54, 1.807) is 24.3 Å². The normalized spacial score (nSPS) is 12.1. The summed E-state index contributed by atoms with van der Waals surface area (Å²) in [5.74, 6) is 0. The lowest BCUT2D eigenvalue weighted by Crippen LogP contribution is -2.17. The van der Waals surface area contributed by atoms with Crippen LogP contribution in [-0.2, 0) is 36.7 Å². The molecule has 2 aromatic carbocycles. The van der Waals surface area contributed by atoms with Crippen LogP contribution < -0.4 is 0 Å². The molecule has 0 heterocycles. The van der Waals surface area contributed by atoms with Gasteiger partial charge in [0.1, 0.15) is 0 Å². The smallest absolute Gasteiger partial charge is 0.193 e. The third-order valence-corrected chi connectivity index (χ3v) is 14.6. The third kappa shape index (κ3) is 24.0. The van der Waals surface area contributed by atoms with Crippen molar-refractivity contribution in [2.24, 2.45) is 0 Å². The number of aryl methyl sites for hydroxylation is 2. The molecular formula is C48H82O5S2. The molecule has 2 rings (SSSR count). The van der Waals surface area contributed by atoms with Gasteiger partial charge in [0.25, 0.3) is 0 Å². The fourth-order valence-corrected chi connectivity index (χ4v) is 10.8. The first-order valence-corrected chi connectivity index (χ1v) is 26.0. The molecule has 0 atom stereocenters. The lowest BCUT2D eigenvalue weighted by molar-refractivity contribution is 0.460.